The van der Waals surface area contributed by atoms with E-state index in [-0.39, 0.29) is 24.4 Å². The summed E-state index contributed by atoms with van der Waals surface area (Å²) in [5.41, 5.74) is 0. The highest BCUT2D eigenvalue weighted by Crippen LogP contribution is 2.26. The van der Waals surface area contributed by atoms with Gasteiger partial charge in [0.05, 0.1) is 6.33 Å². The minimum absolute atomic E-state index is 0.0593. The van der Waals surface area contributed by atoms with Crippen molar-refractivity contribution in [3.8, 4) is 0 Å². The summed E-state index contributed by atoms with van der Waals surface area (Å²) in [5.74, 6) is 0. The number of hydrogen-bond donors (Lipinski definition) is 2. The van der Waals surface area contributed by atoms with E-state index in [0.29, 0.717) is 0 Å². The third kappa shape index (κ3) is 3.49. The molecule has 0 spiro atoms. The highest BCUT2D eigenvalue weighted by Gasteiger charge is 2.42. The smallest absolute Gasteiger partial charge is 0.339 e. The Labute approximate surface area is 114 Å². The lowest BCUT2D eigenvalue weighted by atomic mass is 10.0. The first-order valence-corrected chi connectivity index (χ1v) is 7.47. The number of halogens is 3. The van der Waals surface area contributed by atoms with Gasteiger partial charge in [-0.3, -0.25) is 0 Å². The first-order chi connectivity index (χ1) is 9.18. The number of aromatic nitrogens is 2. The Hall–Kier alpha value is -1.13. The molecule has 0 bridgehead atoms. The molecule has 2 heterocycles. The third-order valence-electron chi connectivity index (χ3n) is 3.09. The molecular formula is C10H15F3N4O2S. The fraction of sp³-hybridized carbons (Fsp3) is 0.700. The largest absolute Gasteiger partial charge is 0.403 e. The van der Waals surface area contributed by atoms with Gasteiger partial charge in [0.1, 0.15) is 6.04 Å². The van der Waals surface area contributed by atoms with Gasteiger partial charge in [0.15, 0.2) is 5.03 Å². The van der Waals surface area contributed by atoms with Crippen molar-refractivity contribution in [2.75, 3.05) is 6.54 Å². The summed E-state index contributed by atoms with van der Waals surface area (Å²) in [6.45, 7) is -0.0593. The molecule has 1 aliphatic rings. The maximum absolute atomic E-state index is 12.5. The first-order valence-electron chi connectivity index (χ1n) is 5.99. The molecule has 1 aromatic heterocycles. The van der Waals surface area contributed by atoms with E-state index in [4.69, 9.17) is 0 Å². The number of nitrogens with one attached hydrogen (secondary N) is 2. The van der Waals surface area contributed by atoms with Crippen LogP contribution in [-0.2, 0) is 17.1 Å². The molecule has 10 heteroatoms. The van der Waals surface area contributed by atoms with Gasteiger partial charge in [-0.05, 0) is 12.8 Å². The van der Waals surface area contributed by atoms with E-state index in [2.05, 4.69) is 15.0 Å². The molecule has 1 aliphatic heterocycles. The zero-order valence-electron chi connectivity index (χ0n) is 10.7. The predicted octanol–water partition coefficient (Wildman–Crippen LogP) is 0.381. The van der Waals surface area contributed by atoms with E-state index >= 15 is 0 Å². The van der Waals surface area contributed by atoms with E-state index in [9.17, 15) is 21.6 Å². The molecule has 2 N–H and O–H groups in total. The van der Waals surface area contributed by atoms with Crippen molar-refractivity contribution in [3.63, 3.8) is 0 Å². The second-order valence-corrected chi connectivity index (χ2v) is 6.44. The molecule has 0 saturated carbocycles. The third-order valence-corrected chi connectivity index (χ3v) is 4.49. The molecule has 0 aromatic carbocycles. The standard InChI is InChI=1S/C10H15F3N4O2S/c1-17-5-9(15-6-17)20(18,19)16-7-2-3-8(14-4-7)10(11,12)13/h5-8,14,16H,2-4H2,1H3. The van der Waals surface area contributed by atoms with Crippen molar-refractivity contribution in [1.82, 2.24) is 19.6 Å². The van der Waals surface area contributed by atoms with Crippen LogP contribution in [0.15, 0.2) is 17.6 Å². The molecule has 20 heavy (non-hydrogen) atoms. The molecule has 0 amide bonds. The summed E-state index contributed by atoms with van der Waals surface area (Å²) in [4.78, 5) is 3.72. The Bertz CT molecular complexity index is 561. The van der Waals surface area contributed by atoms with E-state index in [1.165, 1.54) is 17.1 Å². The highest BCUT2D eigenvalue weighted by molar-refractivity contribution is 7.89. The van der Waals surface area contributed by atoms with Crippen LogP contribution < -0.4 is 10.0 Å². The summed E-state index contributed by atoms with van der Waals surface area (Å²) in [6, 6.07) is -2.14. The predicted molar refractivity (Wildman–Crippen MR) is 64.4 cm³/mol. The first kappa shape index (κ1) is 15.3. The quantitative estimate of drug-likeness (QED) is 0.846. The van der Waals surface area contributed by atoms with Crippen molar-refractivity contribution in [2.45, 2.75) is 36.1 Å². The van der Waals surface area contributed by atoms with Crippen molar-refractivity contribution in [3.05, 3.63) is 12.5 Å². The zero-order chi connectivity index (χ0) is 15.0. The van der Waals surface area contributed by atoms with Crippen LogP contribution in [0.4, 0.5) is 13.2 Å². The number of aryl methyl sites for hydroxylation is 1. The van der Waals surface area contributed by atoms with Gasteiger partial charge in [-0.2, -0.15) is 13.2 Å². The molecule has 1 aromatic rings. The van der Waals surface area contributed by atoms with Crippen LogP contribution >= 0.6 is 0 Å². The topological polar surface area (TPSA) is 76.0 Å². The lowest BCUT2D eigenvalue weighted by molar-refractivity contribution is -0.160. The molecule has 1 saturated heterocycles. The SMILES string of the molecule is Cn1cnc(S(=O)(=O)NC2CCC(C(F)(F)F)NC2)c1. The van der Waals surface area contributed by atoms with Crippen LogP contribution in [0.2, 0.25) is 0 Å². The van der Waals surface area contributed by atoms with E-state index in [1.54, 1.807) is 7.05 Å². The van der Waals surface area contributed by atoms with E-state index < -0.39 is 28.3 Å². The van der Waals surface area contributed by atoms with E-state index in [1.807, 2.05) is 0 Å². The minimum Gasteiger partial charge on any atom is -0.339 e. The fourth-order valence-electron chi connectivity index (χ4n) is 2.04. The monoisotopic (exact) mass is 312 g/mol. The Morgan fingerprint density at radius 1 is 1.45 bits per heavy atom. The van der Waals surface area contributed by atoms with Gasteiger partial charge >= 0.3 is 6.18 Å². The van der Waals surface area contributed by atoms with Crippen LogP contribution in [0, 0.1) is 0 Å². The van der Waals surface area contributed by atoms with Gasteiger partial charge in [-0.1, -0.05) is 0 Å². The molecule has 0 aliphatic carbocycles. The summed E-state index contributed by atoms with van der Waals surface area (Å²) in [7, 11) is -2.17. The average molecular weight is 312 g/mol. The van der Waals surface area contributed by atoms with Crippen LogP contribution in [0.1, 0.15) is 12.8 Å². The zero-order valence-corrected chi connectivity index (χ0v) is 11.5. The Balaban J connectivity index is 1.96. The molecule has 2 rings (SSSR count). The van der Waals surface area contributed by atoms with Gasteiger partial charge in [0.25, 0.3) is 10.0 Å². The summed E-state index contributed by atoms with van der Waals surface area (Å²) in [5, 5.41) is 2.17. The number of imidazole rings is 1. The van der Waals surface area contributed by atoms with Crippen LogP contribution in [0.25, 0.3) is 0 Å². The number of alkyl halides is 3. The molecule has 6 nitrogen and oxygen atoms in total. The molecule has 1 fully saturated rings. The van der Waals surface area contributed by atoms with Gasteiger partial charge in [0, 0.05) is 25.8 Å². The number of nitrogens with zero attached hydrogens (tertiary/aromatic N) is 2. The van der Waals surface area contributed by atoms with E-state index in [0.717, 1.165) is 0 Å². The normalized spacial score (nSPS) is 24.8. The number of rotatable bonds is 3. The lowest BCUT2D eigenvalue weighted by Gasteiger charge is -2.31. The fourth-order valence-corrected chi connectivity index (χ4v) is 3.30. The van der Waals surface area contributed by atoms with Crippen LogP contribution in [0.5, 0.6) is 0 Å². The number of sulfonamides is 1. The number of hydrogen-bond acceptors (Lipinski definition) is 4. The van der Waals surface area contributed by atoms with Gasteiger partial charge in [-0.25, -0.2) is 18.1 Å². The van der Waals surface area contributed by atoms with Crippen molar-refractivity contribution in [1.29, 1.82) is 0 Å². The maximum atomic E-state index is 12.5. The average Bonchev–Trinajstić information content (AvgIpc) is 2.76. The minimum atomic E-state index is -4.30. The number of piperidine rings is 1. The van der Waals surface area contributed by atoms with Crippen LogP contribution in [0.3, 0.4) is 0 Å². The highest BCUT2D eigenvalue weighted by atomic mass is 32.2. The Morgan fingerprint density at radius 2 is 2.15 bits per heavy atom. The molecule has 114 valence electrons. The van der Waals surface area contributed by atoms with Gasteiger partial charge in [-0.15, -0.1) is 0 Å². The summed E-state index contributed by atoms with van der Waals surface area (Å²) >= 11 is 0. The van der Waals surface area contributed by atoms with Crippen molar-refractivity contribution < 1.29 is 21.6 Å². The van der Waals surface area contributed by atoms with Crippen molar-refractivity contribution >= 4 is 10.0 Å². The molecule has 2 unspecified atom stereocenters. The Morgan fingerprint density at radius 3 is 2.60 bits per heavy atom. The summed E-state index contributed by atoms with van der Waals surface area (Å²) in [6.07, 6.45) is -1.66. The van der Waals surface area contributed by atoms with Crippen LogP contribution in [-0.4, -0.2) is 42.8 Å². The molecule has 2 atom stereocenters. The van der Waals surface area contributed by atoms with Gasteiger partial charge < -0.3 is 9.88 Å². The van der Waals surface area contributed by atoms with Gasteiger partial charge in [0.2, 0.25) is 0 Å². The Kier molecular flexibility index (Phi) is 4.07. The molecule has 0 radical (unpaired) electrons. The lowest BCUT2D eigenvalue weighted by Crippen LogP contribution is -2.54. The second kappa shape index (κ2) is 5.34. The second-order valence-electron chi connectivity index (χ2n) is 4.78. The summed E-state index contributed by atoms with van der Waals surface area (Å²) < 4.78 is 65.1. The maximum Gasteiger partial charge on any atom is 0.403 e. The molecular weight excluding hydrogens is 297 g/mol. The van der Waals surface area contributed by atoms with Crippen molar-refractivity contribution in [2.24, 2.45) is 7.05 Å².